The average molecular weight is 399 g/mol. The molecule has 0 unspecified atom stereocenters. The minimum Gasteiger partial charge on any atom is -0.340 e. The summed E-state index contributed by atoms with van der Waals surface area (Å²) >= 11 is 0. The van der Waals surface area contributed by atoms with Gasteiger partial charge in [0.15, 0.2) is 0 Å². The minimum absolute atomic E-state index is 0.00631. The lowest BCUT2D eigenvalue weighted by Crippen LogP contribution is -2.42. The van der Waals surface area contributed by atoms with Crippen LogP contribution < -0.4 is 21.1 Å². The smallest absolute Gasteiger partial charge is 0.258 e. The molecule has 1 aromatic carbocycles. The Bertz CT molecular complexity index is 1020. The van der Waals surface area contributed by atoms with Crippen LogP contribution in [-0.4, -0.2) is 34.4 Å². The number of carbonyl (C=O) groups excluding carboxylic acids is 2. The molecule has 8 nitrogen and oxygen atoms in total. The fraction of sp³-hybridized carbons (Fsp3) is 0.400. The molecule has 152 valence electrons. The maximum absolute atomic E-state index is 13.9. The Labute approximate surface area is 166 Å². The number of nitrogens with zero attached hydrogens (tertiary/aromatic N) is 2. The van der Waals surface area contributed by atoms with E-state index in [-0.39, 0.29) is 29.5 Å². The molecular weight excluding hydrogens is 377 g/mol. The molecule has 1 saturated heterocycles. The van der Waals surface area contributed by atoms with Gasteiger partial charge in [0.25, 0.3) is 5.56 Å². The summed E-state index contributed by atoms with van der Waals surface area (Å²) in [6.07, 6.45) is 2.88. The van der Waals surface area contributed by atoms with Crippen molar-refractivity contribution in [3.8, 4) is 0 Å². The van der Waals surface area contributed by atoms with Crippen molar-refractivity contribution in [1.82, 2.24) is 9.97 Å². The van der Waals surface area contributed by atoms with Crippen LogP contribution in [0.1, 0.15) is 44.1 Å². The number of amides is 2. The number of H-pyrrole nitrogens is 1. The normalized spacial score (nSPS) is 21.3. The van der Waals surface area contributed by atoms with E-state index in [1.807, 2.05) is 4.90 Å². The Balaban J connectivity index is 1.67. The molecule has 1 aromatic heterocycles. The van der Waals surface area contributed by atoms with Crippen molar-refractivity contribution < 1.29 is 14.0 Å². The molecule has 3 heterocycles. The highest BCUT2D eigenvalue weighted by molar-refractivity contribution is 6.04. The average Bonchev–Trinajstić information content (AvgIpc) is 2.69. The van der Waals surface area contributed by atoms with Gasteiger partial charge in [-0.3, -0.25) is 19.4 Å². The number of piperidine rings is 1. The molecule has 0 bridgehead atoms. The van der Waals surface area contributed by atoms with E-state index in [4.69, 9.17) is 0 Å². The highest BCUT2D eigenvalue weighted by atomic mass is 19.1. The molecule has 2 amide bonds. The summed E-state index contributed by atoms with van der Waals surface area (Å²) in [4.78, 5) is 47.0. The van der Waals surface area contributed by atoms with Gasteiger partial charge in [-0.05, 0) is 38.3 Å². The van der Waals surface area contributed by atoms with Gasteiger partial charge in [0, 0.05) is 19.0 Å². The molecule has 0 saturated carbocycles. The highest BCUT2D eigenvalue weighted by Gasteiger charge is 2.35. The lowest BCUT2D eigenvalue weighted by atomic mass is 9.92. The number of carbonyl (C=O) groups is 2. The lowest BCUT2D eigenvalue weighted by molar-refractivity contribution is -0.123. The molecular formula is C20H22FN5O3. The van der Waals surface area contributed by atoms with Crippen molar-refractivity contribution in [3.63, 3.8) is 0 Å². The fourth-order valence-electron chi connectivity index (χ4n) is 3.91. The van der Waals surface area contributed by atoms with E-state index >= 15 is 0 Å². The molecule has 4 rings (SSSR count). The van der Waals surface area contributed by atoms with Gasteiger partial charge in [-0.25, -0.2) is 4.39 Å². The number of nitrogens with one attached hydrogen (secondary N) is 3. The van der Waals surface area contributed by atoms with E-state index in [9.17, 15) is 18.8 Å². The molecule has 0 spiro atoms. The number of aromatic nitrogens is 2. The van der Waals surface area contributed by atoms with Gasteiger partial charge in [0.1, 0.15) is 11.6 Å². The van der Waals surface area contributed by atoms with Gasteiger partial charge in [-0.15, -0.1) is 0 Å². The number of anilines is 3. The second-order valence-electron chi connectivity index (χ2n) is 7.46. The Hall–Kier alpha value is -3.23. The van der Waals surface area contributed by atoms with E-state index in [0.29, 0.717) is 5.95 Å². The van der Waals surface area contributed by atoms with Crippen molar-refractivity contribution >= 4 is 29.3 Å². The Morgan fingerprint density at radius 3 is 2.83 bits per heavy atom. The van der Waals surface area contributed by atoms with Crippen molar-refractivity contribution in [1.29, 1.82) is 0 Å². The summed E-state index contributed by atoms with van der Waals surface area (Å²) in [7, 11) is 0. The zero-order valence-corrected chi connectivity index (χ0v) is 16.0. The number of hydrogen-bond acceptors (Lipinski definition) is 5. The number of fused-ring (bicyclic) bond motifs is 1. The number of benzene rings is 1. The number of hydrogen-bond donors (Lipinski definition) is 3. The van der Waals surface area contributed by atoms with Crippen molar-refractivity contribution in [2.45, 2.75) is 44.6 Å². The van der Waals surface area contributed by atoms with E-state index in [1.54, 1.807) is 6.07 Å². The third kappa shape index (κ3) is 3.72. The van der Waals surface area contributed by atoms with Crippen LogP contribution in [0.2, 0.25) is 0 Å². The number of para-hydroxylation sites is 1. The first-order chi connectivity index (χ1) is 13.9. The summed E-state index contributed by atoms with van der Waals surface area (Å²) < 4.78 is 13.9. The highest BCUT2D eigenvalue weighted by Crippen LogP contribution is 2.31. The van der Waals surface area contributed by atoms with Gasteiger partial charge in [-0.2, -0.15) is 4.98 Å². The fourth-order valence-corrected chi connectivity index (χ4v) is 3.91. The number of aromatic amines is 1. The SMILES string of the molecule is C[C@@H]1CCCCN1c1nc2c(c(=O)[nH]1)[C@@H](C(=O)Nc1ccccc1F)CC(=O)N2. The van der Waals surface area contributed by atoms with Gasteiger partial charge in [0.05, 0.1) is 17.2 Å². The van der Waals surface area contributed by atoms with Gasteiger partial charge in [0.2, 0.25) is 17.8 Å². The topological polar surface area (TPSA) is 107 Å². The van der Waals surface area contributed by atoms with Gasteiger partial charge in [-0.1, -0.05) is 12.1 Å². The first-order valence-corrected chi connectivity index (χ1v) is 9.70. The molecule has 2 atom stereocenters. The van der Waals surface area contributed by atoms with E-state index in [2.05, 4.69) is 27.5 Å². The Morgan fingerprint density at radius 2 is 2.07 bits per heavy atom. The van der Waals surface area contributed by atoms with E-state index in [0.717, 1.165) is 25.8 Å². The van der Waals surface area contributed by atoms with Crippen LogP contribution in [0.3, 0.4) is 0 Å². The van der Waals surface area contributed by atoms with Gasteiger partial charge < -0.3 is 15.5 Å². The Morgan fingerprint density at radius 1 is 1.28 bits per heavy atom. The van der Waals surface area contributed by atoms with Crippen LogP contribution in [0, 0.1) is 5.82 Å². The molecule has 2 aromatic rings. The largest absolute Gasteiger partial charge is 0.340 e. The van der Waals surface area contributed by atoms with Crippen LogP contribution in [0.25, 0.3) is 0 Å². The molecule has 2 aliphatic heterocycles. The van der Waals surface area contributed by atoms with E-state index < -0.39 is 29.1 Å². The molecule has 9 heteroatoms. The van der Waals surface area contributed by atoms with E-state index in [1.165, 1.54) is 18.2 Å². The standard InChI is InChI=1S/C20H22FN5O3/c1-11-6-4-5-9-26(11)20-24-17-16(19(29)25-20)12(10-15(27)23-17)18(28)22-14-8-3-2-7-13(14)21/h2-3,7-8,11-12H,4-6,9-10H2,1H3,(H,22,28)(H2,23,24,25,27,29)/t11-,12+/m1/s1. The van der Waals surface area contributed by atoms with Crippen LogP contribution in [0.4, 0.5) is 21.8 Å². The molecule has 3 N–H and O–H groups in total. The van der Waals surface area contributed by atoms with Crippen molar-refractivity contribution in [3.05, 3.63) is 46.0 Å². The summed E-state index contributed by atoms with van der Waals surface area (Å²) in [6, 6.07) is 5.94. The summed E-state index contributed by atoms with van der Waals surface area (Å²) in [5.74, 6) is -2.22. The third-order valence-electron chi connectivity index (χ3n) is 5.46. The maximum Gasteiger partial charge on any atom is 0.258 e. The predicted molar refractivity (Wildman–Crippen MR) is 107 cm³/mol. The maximum atomic E-state index is 13.9. The quantitative estimate of drug-likeness (QED) is 0.734. The van der Waals surface area contributed by atoms with Crippen LogP contribution in [0.15, 0.2) is 29.1 Å². The van der Waals surface area contributed by atoms with Crippen molar-refractivity contribution in [2.24, 2.45) is 0 Å². The first kappa shape index (κ1) is 19.1. The second kappa shape index (κ2) is 7.65. The summed E-state index contributed by atoms with van der Waals surface area (Å²) in [5, 5.41) is 5.07. The van der Waals surface area contributed by atoms with Crippen LogP contribution in [-0.2, 0) is 9.59 Å². The Kier molecular flexibility index (Phi) is 5.04. The number of halogens is 1. The predicted octanol–water partition coefficient (Wildman–Crippen LogP) is 2.35. The summed E-state index contributed by atoms with van der Waals surface area (Å²) in [5.41, 5.74) is -0.392. The molecule has 29 heavy (non-hydrogen) atoms. The van der Waals surface area contributed by atoms with Gasteiger partial charge >= 0.3 is 0 Å². The minimum atomic E-state index is -1.05. The van der Waals surface area contributed by atoms with Crippen LogP contribution >= 0.6 is 0 Å². The lowest BCUT2D eigenvalue weighted by Gasteiger charge is -2.34. The van der Waals surface area contributed by atoms with Crippen LogP contribution in [0.5, 0.6) is 0 Å². The zero-order chi connectivity index (χ0) is 20.5. The summed E-state index contributed by atoms with van der Waals surface area (Å²) in [6.45, 7) is 2.82. The monoisotopic (exact) mass is 399 g/mol. The second-order valence-corrected chi connectivity index (χ2v) is 7.46. The molecule has 1 fully saturated rings. The molecule has 2 aliphatic rings. The third-order valence-corrected chi connectivity index (χ3v) is 5.46. The zero-order valence-electron chi connectivity index (χ0n) is 16.0. The number of rotatable bonds is 3. The molecule has 0 aliphatic carbocycles. The van der Waals surface area contributed by atoms with Crippen molar-refractivity contribution in [2.75, 3.05) is 22.1 Å². The molecule has 0 radical (unpaired) electrons. The first-order valence-electron chi connectivity index (χ1n) is 9.70.